The number of ether oxygens (including phenoxy) is 2. The van der Waals surface area contributed by atoms with Crippen LogP contribution < -0.4 is 9.47 Å². The van der Waals surface area contributed by atoms with E-state index in [1.54, 1.807) is 0 Å². The highest BCUT2D eigenvalue weighted by atomic mass is 32.1. The number of hydrogen-bond acceptors (Lipinski definition) is 4. The van der Waals surface area contributed by atoms with Gasteiger partial charge < -0.3 is 9.47 Å². The zero-order valence-corrected chi connectivity index (χ0v) is 9.60. The molecule has 1 aromatic heterocycles. The van der Waals surface area contributed by atoms with E-state index in [2.05, 4.69) is 0 Å². The molecule has 1 aliphatic heterocycles. The first-order chi connectivity index (χ1) is 7.78. The summed E-state index contributed by atoms with van der Waals surface area (Å²) in [7, 11) is 0. The third-order valence-corrected chi connectivity index (χ3v) is 3.75. The van der Waals surface area contributed by atoms with Crippen molar-refractivity contribution in [3.8, 4) is 11.5 Å². The summed E-state index contributed by atoms with van der Waals surface area (Å²) in [4.78, 5) is 12.4. The second-order valence-corrected chi connectivity index (χ2v) is 4.71. The van der Waals surface area contributed by atoms with Crippen LogP contribution in [0.25, 0.3) is 10.1 Å². The minimum Gasteiger partial charge on any atom is -0.454 e. The Morgan fingerprint density at radius 1 is 1.31 bits per heavy atom. The van der Waals surface area contributed by atoms with E-state index in [0.717, 1.165) is 26.5 Å². The number of thiophene rings is 1. The van der Waals surface area contributed by atoms with Crippen molar-refractivity contribution >= 4 is 27.2 Å². The minimum absolute atomic E-state index is 0.184. The van der Waals surface area contributed by atoms with Crippen molar-refractivity contribution in [2.75, 3.05) is 6.79 Å². The van der Waals surface area contributed by atoms with Crippen molar-refractivity contribution < 1.29 is 14.3 Å². The number of benzene rings is 1. The molecular formula is C12H10O3S. The zero-order valence-electron chi connectivity index (χ0n) is 8.78. The number of ketones is 1. The van der Waals surface area contributed by atoms with E-state index in [0.29, 0.717) is 6.42 Å². The van der Waals surface area contributed by atoms with Gasteiger partial charge in [0, 0.05) is 17.2 Å². The number of carbonyl (C=O) groups excluding carboxylic acids is 1. The van der Waals surface area contributed by atoms with Crippen LogP contribution in [-0.4, -0.2) is 12.6 Å². The maximum atomic E-state index is 11.6. The van der Waals surface area contributed by atoms with Gasteiger partial charge in [0.2, 0.25) is 6.79 Å². The highest BCUT2D eigenvalue weighted by molar-refractivity contribution is 7.20. The lowest BCUT2D eigenvalue weighted by molar-refractivity contribution is 0.0992. The SMILES string of the molecule is CCC(=O)c1cc2cc3c(cc2s1)OCO3. The minimum atomic E-state index is 0.184. The fraction of sp³-hybridized carbons (Fsp3) is 0.250. The van der Waals surface area contributed by atoms with E-state index in [9.17, 15) is 4.79 Å². The van der Waals surface area contributed by atoms with E-state index < -0.39 is 0 Å². The van der Waals surface area contributed by atoms with Crippen LogP contribution in [0.4, 0.5) is 0 Å². The van der Waals surface area contributed by atoms with Gasteiger partial charge in [0.15, 0.2) is 17.3 Å². The van der Waals surface area contributed by atoms with E-state index in [1.165, 1.54) is 11.3 Å². The largest absolute Gasteiger partial charge is 0.454 e. The molecule has 0 fully saturated rings. The predicted molar refractivity (Wildman–Crippen MR) is 62.6 cm³/mol. The molecule has 16 heavy (non-hydrogen) atoms. The molecule has 0 unspecified atom stereocenters. The van der Waals surface area contributed by atoms with Crippen molar-refractivity contribution in [1.82, 2.24) is 0 Å². The van der Waals surface area contributed by atoms with Crippen LogP contribution in [0.3, 0.4) is 0 Å². The molecule has 2 aromatic rings. The van der Waals surface area contributed by atoms with Crippen molar-refractivity contribution in [2.24, 2.45) is 0 Å². The monoisotopic (exact) mass is 234 g/mol. The molecule has 0 aliphatic carbocycles. The molecule has 1 aromatic carbocycles. The van der Waals surface area contributed by atoms with Crippen LogP contribution in [0, 0.1) is 0 Å². The van der Waals surface area contributed by atoms with E-state index in [-0.39, 0.29) is 12.6 Å². The highest BCUT2D eigenvalue weighted by Crippen LogP contribution is 2.39. The standard InChI is InChI=1S/C12H10O3S/c1-2-8(13)12-4-7-3-9-10(15-6-14-9)5-11(7)16-12/h3-5H,2,6H2,1H3. The van der Waals surface area contributed by atoms with Gasteiger partial charge in [-0.25, -0.2) is 0 Å². The molecule has 0 radical (unpaired) electrons. The second-order valence-electron chi connectivity index (χ2n) is 3.63. The summed E-state index contributed by atoms with van der Waals surface area (Å²) in [6, 6.07) is 5.79. The van der Waals surface area contributed by atoms with Gasteiger partial charge in [-0.2, -0.15) is 0 Å². The Morgan fingerprint density at radius 3 is 2.81 bits per heavy atom. The predicted octanol–water partition coefficient (Wildman–Crippen LogP) is 3.22. The van der Waals surface area contributed by atoms with Crippen molar-refractivity contribution in [3.05, 3.63) is 23.1 Å². The number of carbonyl (C=O) groups is 1. The van der Waals surface area contributed by atoms with Crippen LogP contribution >= 0.6 is 11.3 Å². The fourth-order valence-corrected chi connectivity index (χ4v) is 2.82. The van der Waals surface area contributed by atoms with Gasteiger partial charge in [-0.05, 0) is 17.5 Å². The Kier molecular flexibility index (Phi) is 2.11. The van der Waals surface area contributed by atoms with Gasteiger partial charge in [-0.15, -0.1) is 11.3 Å². The molecule has 2 heterocycles. The zero-order chi connectivity index (χ0) is 11.1. The number of Topliss-reactive ketones (excluding diaryl/α,β-unsaturated/α-hetero) is 1. The summed E-state index contributed by atoms with van der Waals surface area (Å²) in [5.41, 5.74) is 0. The maximum Gasteiger partial charge on any atom is 0.231 e. The van der Waals surface area contributed by atoms with E-state index >= 15 is 0 Å². The van der Waals surface area contributed by atoms with Crippen LogP contribution in [0.5, 0.6) is 11.5 Å². The Hall–Kier alpha value is -1.55. The maximum absolute atomic E-state index is 11.6. The lowest BCUT2D eigenvalue weighted by Gasteiger charge is -1.94. The summed E-state index contributed by atoms with van der Waals surface area (Å²) in [6.45, 7) is 2.16. The van der Waals surface area contributed by atoms with Gasteiger partial charge in [-0.1, -0.05) is 6.92 Å². The molecule has 0 saturated carbocycles. The molecule has 0 saturated heterocycles. The average Bonchev–Trinajstić information content (AvgIpc) is 2.89. The highest BCUT2D eigenvalue weighted by Gasteiger charge is 2.16. The molecular weight excluding hydrogens is 224 g/mol. The summed E-state index contributed by atoms with van der Waals surface area (Å²) in [5.74, 6) is 1.72. The van der Waals surface area contributed by atoms with Gasteiger partial charge in [0.1, 0.15) is 0 Å². The molecule has 0 atom stereocenters. The molecule has 3 nitrogen and oxygen atoms in total. The molecule has 0 amide bonds. The average molecular weight is 234 g/mol. The first-order valence-electron chi connectivity index (χ1n) is 5.14. The van der Waals surface area contributed by atoms with Gasteiger partial charge in [-0.3, -0.25) is 4.79 Å². The van der Waals surface area contributed by atoms with Crippen LogP contribution in [0.15, 0.2) is 18.2 Å². The molecule has 82 valence electrons. The fourth-order valence-electron chi connectivity index (χ4n) is 1.74. The Bertz CT molecular complexity index is 530. The normalized spacial score (nSPS) is 13.3. The molecule has 0 bridgehead atoms. The molecule has 0 N–H and O–H groups in total. The third kappa shape index (κ3) is 1.38. The Morgan fingerprint density at radius 2 is 2.06 bits per heavy atom. The Balaban J connectivity index is 2.15. The third-order valence-electron chi connectivity index (χ3n) is 2.61. The van der Waals surface area contributed by atoms with Crippen LogP contribution in [0.2, 0.25) is 0 Å². The summed E-state index contributed by atoms with van der Waals surface area (Å²) in [5, 5.41) is 1.05. The lowest BCUT2D eigenvalue weighted by Crippen LogP contribution is -1.93. The lowest BCUT2D eigenvalue weighted by atomic mass is 10.2. The topological polar surface area (TPSA) is 35.5 Å². The number of fused-ring (bicyclic) bond motifs is 2. The van der Waals surface area contributed by atoms with Crippen LogP contribution in [-0.2, 0) is 0 Å². The molecule has 1 aliphatic rings. The quantitative estimate of drug-likeness (QED) is 0.748. The van der Waals surface area contributed by atoms with Gasteiger partial charge >= 0.3 is 0 Å². The molecule has 3 rings (SSSR count). The summed E-state index contributed by atoms with van der Waals surface area (Å²) >= 11 is 1.51. The smallest absolute Gasteiger partial charge is 0.231 e. The number of hydrogen-bond donors (Lipinski definition) is 0. The summed E-state index contributed by atoms with van der Waals surface area (Å²) < 4.78 is 11.7. The Labute approximate surface area is 96.6 Å². The number of rotatable bonds is 2. The van der Waals surface area contributed by atoms with E-state index in [1.807, 2.05) is 25.1 Å². The first kappa shape index (κ1) is 9.66. The van der Waals surface area contributed by atoms with Crippen molar-refractivity contribution in [2.45, 2.75) is 13.3 Å². The van der Waals surface area contributed by atoms with Crippen molar-refractivity contribution in [3.63, 3.8) is 0 Å². The first-order valence-corrected chi connectivity index (χ1v) is 5.96. The van der Waals surface area contributed by atoms with Gasteiger partial charge in [0.05, 0.1) is 4.88 Å². The van der Waals surface area contributed by atoms with Crippen LogP contribution in [0.1, 0.15) is 23.0 Å². The van der Waals surface area contributed by atoms with Crippen molar-refractivity contribution in [1.29, 1.82) is 0 Å². The van der Waals surface area contributed by atoms with Gasteiger partial charge in [0.25, 0.3) is 0 Å². The second kappa shape index (κ2) is 3.49. The van der Waals surface area contributed by atoms with E-state index in [4.69, 9.17) is 9.47 Å². The summed E-state index contributed by atoms with van der Waals surface area (Å²) in [6.07, 6.45) is 0.541. The molecule has 0 spiro atoms. The molecule has 4 heteroatoms.